The summed E-state index contributed by atoms with van der Waals surface area (Å²) in [4.78, 5) is 25.2. The van der Waals surface area contributed by atoms with Crippen LogP contribution in [0, 0.1) is 19.8 Å². The van der Waals surface area contributed by atoms with Crippen LogP contribution in [0.2, 0.25) is 0 Å². The minimum atomic E-state index is -0.833. The number of carbonyl (C=O) groups excluding carboxylic acids is 1. The molecular weight excluding hydrogens is 282 g/mol. The Balaban J connectivity index is 1.96. The fourth-order valence-electron chi connectivity index (χ4n) is 2.86. The molecule has 0 spiro atoms. The number of aryl methyl sites for hydroxylation is 2. The van der Waals surface area contributed by atoms with Crippen molar-refractivity contribution in [3.05, 3.63) is 29.3 Å². The van der Waals surface area contributed by atoms with Crippen LogP contribution in [0.3, 0.4) is 0 Å². The summed E-state index contributed by atoms with van der Waals surface area (Å²) in [6, 6.07) is 5.42. The highest BCUT2D eigenvalue weighted by Crippen LogP contribution is 2.24. The van der Waals surface area contributed by atoms with Crippen LogP contribution < -0.4 is 4.74 Å². The smallest absolute Gasteiger partial charge is 0.308 e. The third kappa shape index (κ3) is 3.59. The van der Waals surface area contributed by atoms with Crippen molar-refractivity contribution in [3.63, 3.8) is 0 Å². The zero-order valence-corrected chi connectivity index (χ0v) is 13.3. The van der Waals surface area contributed by atoms with Crippen molar-refractivity contribution >= 4 is 11.9 Å². The van der Waals surface area contributed by atoms with Crippen molar-refractivity contribution in [3.8, 4) is 5.75 Å². The summed E-state index contributed by atoms with van der Waals surface area (Å²) in [5.74, 6) is -0.813. The molecule has 0 unspecified atom stereocenters. The highest BCUT2D eigenvalue weighted by atomic mass is 16.5. The highest BCUT2D eigenvalue weighted by Gasteiger charge is 2.35. The van der Waals surface area contributed by atoms with Crippen molar-refractivity contribution < 1.29 is 19.4 Å². The maximum absolute atomic E-state index is 12.3. The van der Waals surface area contributed by atoms with Crippen LogP contribution in [0.1, 0.15) is 30.9 Å². The summed E-state index contributed by atoms with van der Waals surface area (Å²) in [6.07, 6.45) is 1.34. The van der Waals surface area contributed by atoms with Gasteiger partial charge in [0, 0.05) is 12.6 Å². The number of carboxylic acids is 1. The number of likely N-dealkylation sites (tertiary alicyclic amines) is 1. The van der Waals surface area contributed by atoms with Gasteiger partial charge in [-0.15, -0.1) is 0 Å². The molecule has 5 nitrogen and oxygen atoms in total. The molecule has 120 valence electrons. The molecule has 0 aromatic heterocycles. The molecule has 0 aliphatic carbocycles. The van der Waals surface area contributed by atoms with Gasteiger partial charge in [-0.3, -0.25) is 9.59 Å². The summed E-state index contributed by atoms with van der Waals surface area (Å²) in [5.41, 5.74) is 2.29. The second-order valence-electron chi connectivity index (χ2n) is 5.95. The summed E-state index contributed by atoms with van der Waals surface area (Å²) in [7, 11) is 0. The van der Waals surface area contributed by atoms with Gasteiger partial charge in [-0.1, -0.05) is 6.07 Å². The molecule has 1 amide bonds. The van der Waals surface area contributed by atoms with Gasteiger partial charge in [-0.05, 0) is 56.9 Å². The molecule has 2 rings (SSSR count). The van der Waals surface area contributed by atoms with Crippen molar-refractivity contribution in [2.24, 2.45) is 5.92 Å². The van der Waals surface area contributed by atoms with Crippen molar-refractivity contribution in [2.45, 2.75) is 39.7 Å². The Morgan fingerprint density at radius 1 is 1.32 bits per heavy atom. The first-order chi connectivity index (χ1) is 10.4. The number of carbonyl (C=O) groups is 2. The lowest BCUT2D eigenvalue weighted by Crippen LogP contribution is -2.50. The molecule has 1 saturated heterocycles. The number of ether oxygens (including phenoxy) is 1. The third-order valence-corrected chi connectivity index (χ3v) is 4.47. The maximum atomic E-state index is 12.3. The molecule has 0 saturated carbocycles. The van der Waals surface area contributed by atoms with Gasteiger partial charge >= 0.3 is 5.97 Å². The van der Waals surface area contributed by atoms with Crippen LogP contribution in [0.25, 0.3) is 0 Å². The van der Waals surface area contributed by atoms with Crippen LogP contribution in [0.4, 0.5) is 0 Å². The molecule has 0 bridgehead atoms. The van der Waals surface area contributed by atoms with Gasteiger partial charge in [0.2, 0.25) is 0 Å². The van der Waals surface area contributed by atoms with Gasteiger partial charge in [0.05, 0.1) is 5.92 Å². The zero-order valence-electron chi connectivity index (χ0n) is 13.3. The van der Waals surface area contributed by atoms with Crippen molar-refractivity contribution in [1.29, 1.82) is 0 Å². The quantitative estimate of drug-likeness (QED) is 0.927. The van der Waals surface area contributed by atoms with Crippen LogP contribution >= 0.6 is 0 Å². The van der Waals surface area contributed by atoms with Gasteiger partial charge in [-0.25, -0.2) is 0 Å². The van der Waals surface area contributed by atoms with Crippen LogP contribution in [-0.4, -0.2) is 41.1 Å². The summed E-state index contributed by atoms with van der Waals surface area (Å²) in [5, 5.41) is 9.20. The SMILES string of the molecule is Cc1ccc(OCC(=O)N2CCC[C@@H](C(=O)O)[C@H]2C)cc1C. The molecule has 0 radical (unpaired) electrons. The first kappa shape index (κ1) is 16.3. The van der Waals surface area contributed by atoms with Gasteiger partial charge in [0.15, 0.2) is 6.61 Å². The number of piperidine rings is 1. The van der Waals surface area contributed by atoms with Gasteiger partial charge in [0.25, 0.3) is 5.91 Å². The van der Waals surface area contributed by atoms with Crippen molar-refractivity contribution in [1.82, 2.24) is 4.90 Å². The number of hydrogen-bond acceptors (Lipinski definition) is 3. The Kier molecular flexibility index (Phi) is 5.06. The molecule has 1 aromatic rings. The van der Waals surface area contributed by atoms with E-state index < -0.39 is 11.9 Å². The van der Waals surface area contributed by atoms with E-state index in [1.165, 1.54) is 5.56 Å². The summed E-state index contributed by atoms with van der Waals surface area (Å²) in [6.45, 7) is 6.35. The Labute approximate surface area is 130 Å². The van der Waals surface area contributed by atoms with E-state index in [1.807, 2.05) is 32.0 Å². The fourth-order valence-corrected chi connectivity index (χ4v) is 2.86. The van der Waals surface area contributed by atoms with Crippen LogP contribution in [0.15, 0.2) is 18.2 Å². The number of aliphatic carboxylic acids is 1. The zero-order chi connectivity index (χ0) is 16.3. The first-order valence-corrected chi connectivity index (χ1v) is 7.62. The Hall–Kier alpha value is -2.04. The predicted molar refractivity (Wildman–Crippen MR) is 82.9 cm³/mol. The molecule has 1 fully saturated rings. The molecule has 1 heterocycles. The molecule has 22 heavy (non-hydrogen) atoms. The number of rotatable bonds is 4. The van der Waals surface area contributed by atoms with Crippen LogP contribution in [0.5, 0.6) is 5.75 Å². The lowest BCUT2D eigenvalue weighted by molar-refractivity contribution is -0.149. The predicted octanol–water partition coefficient (Wildman–Crippen LogP) is 2.39. The minimum absolute atomic E-state index is 0.0564. The molecule has 5 heteroatoms. The van der Waals surface area contributed by atoms with E-state index in [2.05, 4.69) is 0 Å². The molecular formula is C17H23NO4. The number of benzene rings is 1. The van der Waals surface area contributed by atoms with Gasteiger partial charge in [-0.2, -0.15) is 0 Å². The number of nitrogens with zero attached hydrogens (tertiary/aromatic N) is 1. The monoisotopic (exact) mass is 305 g/mol. The van der Waals surface area contributed by atoms with E-state index in [9.17, 15) is 14.7 Å². The second kappa shape index (κ2) is 6.81. The number of amides is 1. The van der Waals surface area contributed by atoms with Gasteiger partial charge in [0.1, 0.15) is 5.75 Å². The molecule has 1 aliphatic heterocycles. The molecule has 1 N–H and O–H groups in total. The van der Waals surface area contributed by atoms with E-state index in [4.69, 9.17) is 4.74 Å². The lowest BCUT2D eigenvalue weighted by Gasteiger charge is -2.37. The maximum Gasteiger partial charge on any atom is 0.308 e. The minimum Gasteiger partial charge on any atom is -0.484 e. The average Bonchev–Trinajstić information content (AvgIpc) is 2.48. The highest BCUT2D eigenvalue weighted by molar-refractivity contribution is 5.80. The topological polar surface area (TPSA) is 66.8 Å². The largest absolute Gasteiger partial charge is 0.484 e. The fraction of sp³-hybridized carbons (Fsp3) is 0.529. The van der Waals surface area contributed by atoms with Crippen LogP contribution in [-0.2, 0) is 9.59 Å². The van der Waals surface area contributed by atoms with Gasteiger partial charge < -0.3 is 14.7 Å². The Morgan fingerprint density at radius 2 is 2.05 bits per heavy atom. The third-order valence-electron chi connectivity index (χ3n) is 4.47. The Bertz CT molecular complexity index is 570. The van der Waals surface area contributed by atoms with E-state index in [0.717, 1.165) is 12.0 Å². The summed E-state index contributed by atoms with van der Waals surface area (Å²) < 4.78 is 5.56. The average molecular weight is 305 g/mol. The van der Waals surface area contributed by atoms with E-state index >= 15 is 0 Å². The lowest BCUT2D eigenvalue weighted by atomic mass is 9.90. The molecule has 2 atom stereocenters. The second-order valence-corrected chi connectivity index (χ2v) is 5.95. The van der Waals surface area contributed by atoms with E-state index in [1.54, 1.807) is 11.8 Å². The van der Waals surface area contributed by atoms with Crippen molar-refractivity contribution in [2.75, 3.05) is 13.2 Å². The standard InChI is InChI=1S/C17H23NO4/c1-11-6-7-14(9-12(11)2)22-10-16(19)18-8-4-5-15(13(18)3)17(20)21/h6-7,9,13,15H,4-5,8,10H2,1-3H3,(H,20,21)/t13-,15-/m1/s1. The molecule has 1 aromatic carbocycles. The van der Waals surface area contributed by atoms with E-state index in [-0.39, 0.29) is 18.6 Å². The molecule has 1 aliphatic rings. The Morgan fingerprint density at radius 3 is 2.68 bits per heavy atom. The normalized spacial score (nSPS) is 21.5. The number of hydrogen-bond donors (Lipinski definition) is 1. The first-order valence-electron chi connectivity index (χ1n) is 7.62. The number of carboxylic acid groups (broad SMARTS) is 1. The van der Waals surface area contributed by atoms with E-state index in [0.29, 0.717) is 18.7 Å². The summed E-state index contributed by atoms with van der Waals surface area (Å²) >= 11 is 0.